The first-order valence-corrected chi connectivity index (χ1v) is 5.50. The zero-order valence-corrected chi connectivity index (χ0v) is 9.00. The van der Waals surface area contributed by atoms with Crippen molar-refractivity contribution >= 4 is 11.8 Å². The molecule has 80 valence electrons. The third-order valence-corrected chi connectivity index (χ3v) is 2.99. The summed E-state index contributed by atoms with van der Waals surface area (Å²) in [6.45, 7) is 0. The lowest BCUT2D eigenvalue weighted by Crippen LogP contribution is -1.84. The molecule has 0 bridgehead atoms. The number of benzene rings is 1. The van der Waals surface area contributed by atoms with Crippen molar-refractivity contribution in [3.05, 3.63) is 47.6 Å². The van der Waals surface area contributed by atoms with Crippen LogP contribution < -0.4 is 0 Å². The van der Waals surface area contributed by atoms with Gasteiger partial charge in [0.25, 0.3) is 0 Å². The summed E-state index contributed by atoms with van der Waals surface area (Å²) in [5.74, 6) is 0.820. The first-order chi connectivity index (χ1) is 7.79. The average Bonchev–Trinajstić information content (AvgIpc) is 2.80. The van der Waals surface area contributed by atoms with Gasteiger partial charge in [-0.25, -0.2) is 4.39 Å². The maximum atomic E-state index is 13.4. The molecule has 1 aromatic heterocycles. The van der Waals surface area contributed by atoms with Gasteiger partial charge in [-0.2, -0.15) is 5.26 Å². The van der Waals surface area contributed by atoms with E-state index in [1.54, 1.807) is 24.4 Å². The molecule has 0 atom stereocenters. The maximum absolute atomic E-state index is 13.4. The van der Waals surface area contributed by atoms with E-state index in [0.717, 1.165) is 0 Å². The van der Waals surface area contributed by atoms with Crippen LogP contribution in [0.25, 0.3) is 0 Å². The molecule has 0 unspecified atom stereocenters. The molecule has 0 aliphatic heterocycles. The molecule has 1 aromatic carbocycles. The van der Waals surface area contributed by atoms with Crippen molar-refractivity contribution in [1.29, 1.82) is 5.26 Å². The summed E-state index contributed by atoms with van der Waals surface area (Å²) in [7, 11) is 0. The van der Waals surface area contributed by atoms with Gasteiger partial charge in [-0.05, 0) is 18.2 Å². The number of nitriles is 1. The Morgan fingerprint density at radius 2 is 2.31 bits per heavy atom. The van der Waals surface area contributed by atoms with E-state index < -0.39 is 0 Å². The zero-order valence-electron chi connectivity index (χ0n) is 8.18. The maximum Gasteiger partial charge on any atom is 0.146 e. The smallest absolute Gasteiger partial charge is 0.146 e. The summed E-state index contributed by atoms with van der Waals surface area (Å²) in [6, 6.07) is 8.02. The highest BCUT2D eigenvalue weighted by Crippen LogP contribution is 2.25. The molecule has 1 heterocycles. The second-order valence-electron chi connectivity index (χ2n) is 3.02. The Morgan fingerprint density at radius 3 is 2.94 bits per heavy atom. The number of hydrogen-bond donors (Lipinski definition) is 0. The van der Waals surface area contributed by atoms with Gasteiger partial charge in [0, 0.05) is 11.0 Å². The molecular weight excluding hydrogens is 227 g/mol. The molecule has 0 amide bonds. The highest BCUT2D eigenvalue weighted by atomic mass is 32.2. The lowest BCUT2D eigenvalue weighted by molar-refractivity contribution is 0.395. The number of aromatic nitrogens is 1. The fourth-order valence-electron chi connectivity index (χ4n) is 1.15. The number of halogens is 1. The van der Waals surface area contributed by atoms with E-state index in [9.17, 15) is 4.39 Å². The largest absolute Gasteiger partial charge is 0.361 e. The van der Waals surface area contributed by atoms with E-state index in [4.69, 9.17) is 9.78 Å². The number of nitrogens with zero attached hydrogens (tertiary/aromatic N) is 2. The molecule has 0 aliphatic carbocycles. The second kappa shape index (κ2) is 4.81. The standard InChI is InChI=1S/C11H7FN2OS/c12-10-5-8(6-13)1-2-11(10)16-7-9-3-4-14-15-9/h1-5H,7H2. The highest BCUT2D eigenvalue weighted by Gasteiger charge is 2.05. The van der Waals surface area contributed by atoms with Crippen LogP contribution in [0.5, 0.6) is 0 Å². The Bertz CT molecular complexity index is 519. The Morgan fingerprint density at radius 1 is 1.44 bits per heavy atom. The Hall–Kier alpha value is -1.80. The molecule has 0 saturated heterocycles. The number of rotatable bonds is 3. The Balaban J connectivity index is 2.08. The molecule has 0 N–H and O–H groups in total. The monoisotopic (exact) mass is 234 g/mol. The number of thioether (sulfide) groups is 1. The second-order valence-corrected chi connectivity index (χ2v) is 4.04. The van der Waals surface area contributed by atoms with Crippen LogP contribution >= 0.6 is 11.8 Å². The quantitative estimate of drug-likeness (QED) is 0.766. The first-order valence-electron chi connectivity index (χ1n) is 4.51. The summed E-state index contributed by atoms with van der Waals surface area (Å²) in [6.07, 6.45) is 1.55. The summed E-state index contributed by atoms with van der Waals surface area (Å²) < 4.78 is 18.3. The van der Waals surface area contributed by atoms with Crippen molar-refractivity contribution in [2.75, 3.05) is 0 Å². The van der Waals surface area contributed by atoms with Crippen LogP contribution in [0, 0.1) is 17.1 Å². The molecule has 0 fully saturated rings. The molecule has 3 nitrogen and oxygen atoms in total. The first kappa shape index (κ1) is 10.7. The normalized spacial score (nSPS) is 10.0. The summed E-state index contributed by atoms with van der Waals surface area (Å²) in [5, 5.41) is 12.1. The summed E-state index contributed by atoms with van der Waals surface area (Å²) in [5.41, 5.74) is 0.321. The van der Waals surface area contributed by atoms with Crippen molar-refractivity contribution in [1.82, 2.24) is 5.16 Å². The van der Waals surface area contributed by atoms with E-state index in [1.807, 2.05) is 6.07 Å². The number of hydrogen-bond acceptors (Lipinski definition) is 4. The van der Waals surface area contributed by atoms with Gasteiger partial charge in [0.1, 0.15) is 11.6 Å². The van der Waals surface area contributed by atoms with Gasteiger partial charge in [-0.3, -0.25) is 0 Å². The minimum atomic E-state index is -0.386. The fraction of sp³-hybridized carbons (Fsp3) is 0.0909. The average molecular weight is 234 g/mol. The van der Waals surface area contributed by atoms with Gasteiger partial charge in [0.2, 0.25) is 0 Å². The van der Waals surface area contributed by atoms with Crippen LogP contribution in [0.15, 0.2) is 39.9 Å². The summed E-state index contributed by atoms with van der Waals surface area (Å²) >= 11 is 1.31. The zero-order chi connectivity index (χ0) is 11.4. The van der Waals surface area contributed by atoms with E-state index in [2.05, 4.69) is 5.16 Å². The van der Waals surface area contributed by atoms with Gasteiger partial charge in [0.15, 0.2) is 0 Å². The van der Waals surface area contributed by atoms with Gasteiger partial charge in [-0.15, -0.1) is 11.8 Å². The molecular formula is C11H7FN2OS. The Kier molecular flexibility index (Phi) is 3.22. The van der Waals surface area contributed by atoms with Crippen molar-refractivity contribution < 1.29 is 8.91 Å². The van der Waals surface area contributed by atoms with Crippen molar-refractivity contribution in [2.24, 2.45) is 0 Å². The molecule has 2 aromatic rings. The predicted molar refractivity (Wildman–Crippen MR) is 57.2 cm³/mol. The third kappa shape index (κ3) is 2.41. The van der Waals surface area contributed by atoms with Crippen LogP contribution in [-0.2, 0) is 5.75 Å². The fourth-order valence-corrected chi connectivity index (χ4v) is 1.96. The van der Waals surface area contributed by atoms with E-state index >= 15 is 0 Å². The predicted octanol–water partition coefficient (Wildman–Crippen LogP) is 2.98. The lowest BCUT2D eigenvalue weighted by atomic mass is 10.2. The SMILES string of the molecule is N#Cc1ccc(SCc2ccno2)c(F)c1. The minimum Gasteiger partial charge on any atom is -0.361 e. The molecule has 0 saturated carbocycles. The van der Waals surface area contributed by atoms with Gasteiger partial charge < -0.3 is 4.52 Å². The Labute approximate surface area is 95.9 Å². The van der Waals surface area contributed by atoms with Crippen molar-refractivity contribution in [3.8, 4) is 6.07 Å². The van der Waals surface area contributed by atoms with Crippen LogP contribution in [0.4, 0.5) is 4.39 Å². The van der Waals surface area contributed by atoms with Crippen LogP contribution in [0.1, 0.15) is 11.3 Å². The molecule has 5 heteroatoms. The van der Waals surface area contributed by atoms with Crippen molar-refractivity contribution in [2.45, 2.75) is 10.6 Å². The van der Waals surface area contributed by atoms with E-state index in [0.29, 0.717) is 22.0 Å². The van der Waals surface area contributed by atoms with Gasteiger partial charge >= 0.3 is 0 Å². The topological polar surface area (TPSA) is 49.8 Å². The van der Waals surface area contributed by atoms with E-state index in [1.165, 1.54) is 17.8 Å². The van der Waals surface area contributed by atoms with Gasteiger partial charge in [0.05, 0.1) is 23.6 Å². The molecule has 0 aliphatic rings. The van der Waals surface area contributed by atoms with Crippen LogP contribution in [0.3, 0.4) is 0 Å². The molecule has 16 heavy (non-hydrogen) atoms. The van der Waals surface area contributed by atoms with Crippen LogP contribution in [-0.4, -0.2) is 5.16 Å². The van der Waals surface area contributed by atoms with Crippen LogP contribution in [0.2, 0.25) is 0 Å². The summed E-state index contributed by atoms with van der Waals surface area (Å²) in [4.78, 5) is 0.496. The third-order valence-electron chi connectivity index (χ3n) is 1.92. The van der Waals surface area contributed by atoms with E-state index in [-0.39, 0.29) is 5.82 Å². The lowest BCUT2D eigenvalue weighted by Gasteiger charge is -2.00. The molecule has 2 rings (SSSR count). The minimum absolute atomic E-state index is 0.321. The highest BCUT2D eigenvalue weighted by molar-refractivity contribution is 7.98. The van der Waals surface area contributed by atoms with Gasteiger partial charge in [-0.1, -0.05) is 5.16 Å². The molecule has 0 spiro atoms. The molecule has 0 radical (unpaired) electrons. The van der Waals surface area contributed by atoms with Crippen molar-refractivity contribution in [3.63, 3.8) is 0 Å².